The second kappa shape index (κ2) is 11.0. The smallest absolute Gasteiger partial charge is 0.345 e. The number of rotatable bonds is 10. The first-order valence-electron chi connectivity index (χ1n) is 11.0. The second-order valence-electron chi connectivity index (χ2n) is 7.98. The van der Waals surface area contributed by atoms with E-state index in [9.17, 15) is 18.0 Å². The summed E-state index contributed by atoms with van der Waals surface area (Å²) >= 11 is 0. The summed E-state index contributed by atoms with van der Waals surface area (Å²) in [7, 11) is 0. The summed E-state index contributed by atoms with van der Waals surface area (Å²) in [5, 5.41) is 0. The lowest BCUT2D eigenvalue weighted by Crippen LogP contribution is -2.32. The van der Waals surface area contributed by atoms with E-state index in [0.29, 0.717) is 38.0 Å². The number of unbranched alkanes of at least 4 members (excludes halogenated alkanes) is 1. The van der Waals surface area contributed by atoms with Gasteiger partial charge in [-0.25, -0.2) is 0 Å². The van der Waals surface area contributed by atoms with E-state index in [1.807, 2.05) is 58.1 Å². The molecule has 0 N–H and O–H groups in total. The lowest BCUT2D eigenvalue weighted by atomic mass is 10.1. The van der Waals surface area contributed by atoms with Crippen LogP contribution >= 0.6 is 0 Å². The van der Waals surface area contributed by atoms with Gasteiger partial charge in [0, 0.05) is 31.4 Å². The fourth-order valence-corrected chi connectivity index (χ4v) is 3.68. The van der Waals surface area contributed by atoms with E-state index >= 15 is 0 Å². The van der Waals surface area contributed by atoms with Gasteiger partial charge in [0.15, 0.2) is 0 Å². The van der Waals surface area contributed by atoms with Gasteiger partial charge >= 0.3 is 6.18 Å². The summed E-state index contributed by atoms with van der Waals surface area (Å²) in [6.45, 7) is 3.52. The van der Waals surface area contributed by atoms with E-state index < -0.39 is 11.7 Å². The van der Waals surface area contributed by atoms with Crippen LogP contribution in [0.2, 0.25) is 0 Å². The second-order valence-corrected chi connectivity index (χ2v) is 7.98. The molecule has 3 nitrogen and oxygen atoms in total. The first-order chi connectivity index (χ1) is 15.4. The molecule has 170 valence electrons. The summed E-state index contributed by atoms with van der Waals surface area (Å²) in [6, 6.07) is 19.1. The average molecular weight is 443 g/mol. The molecule has 0 atom stereocenters. The average Bonchev–Trinajstić information content (AvgIpc) is 3.21. The maximum Gasteiger partial charge on any atom is 0.416 e. The molecule has 1 amide bonds. The minimum Gasteiger partial charge on any atom is -0.345 e. The largest absolute Gasteiger partial charge is 0.416 e. The number of carbonyl (C=O) groups excluding carboxylic acids is 1. The summed E-state index contributed by atoms with van der Waals surface area (Å²) in [6.07, 6.45) is 0.494. The zero-order valence-corrected chi connectivity index (χ0v) is 18.3. The minimum atomic E-state index is -4.36. The molecule has 0 aliphatic rings. The molecule has 1 aromatic heterocycles. The third-order valence-electron chi connectivity index (χ3n) is 5.49. The van der Waals surface area contributed by atoms with Crippen LogP contribution in [0.4, 0.5) is 13.2 Å². The van der Waals surface area contributed by atoms with Crippen LogP contribution < -0.4 is 0 Å². The van der Waals surface area contributed by atoms with Gasteiger partial charge in [-0.05, 0) is 48.2 Å². The van der Waals surface area contributed by atoms with Crippen molar-refractivity contribution >= 4 is 5.91 Å². The molecule has 0 aliphatic heterocycles. The van der Waals surface area contributed by atoms with Crippen molar-refractivity contribution in [2.24, 2.45) is 0 Å². The topological polar surface area (TPSA) is 25.2 Å². The number of benzene rings is 2. The van der Waals surface area contributed by atoms with Gasteiger partial charge in [-0.3, -0.25) is 4.79 Å². The number of hydrogen-bond acceptors (Lipinski definition) is 1. The highest BCUT2D eigenvalue weighted by Gasteiger charge is 2.30. The lowest BCUT2D eigenvalue weighted by molar-refractivity contribution is -0.137. The van der Waals surface area contributed by atoms with Gasteiger partial charge in [0.1, 0.15) is 0 Å². The third kappa shape index (κ3) is 6.74. The number of carbonyl (C=O) groups is 1. The van der Waals surface area contributed by atoms with Crippen LogP contribution in [0.25, 0.3) is 0 Å². The van der Waals surface area contributed by atoms with Crippen LogP contribution in [0.3, 0.4) is 0 Å². The molecule has 0 unspecified atom stereocenters. The van der Waals surface area contributed by atoms with Gasteiger partial charge < -0.3 is 9.47 Å². The molecule has 6 heteroatoms. The Kier molecular flexibility index (Phi) is 8.14. The van der Waals surface area contributed by atoms with Gasteiger partial charge in [-0.15, -0.1) is 0 Å². The highest BCUT2D eigenvalue weighted by molar-refractivity contribution is 5.76. The van der Waals surface area contributed by atoms with Crippen LogP contribution in [-0.4, -0.2) is 21.9 Å². The number of amides is 1. The first-order valence-corrected chi connectivity index (χ1v) is 11.0. The van der Waals surface area contributed by atoms with Gasteiger partial charge in [0.2, 0.25) is 5.91 Å². The van der Waals surface area contributed by atoms with E-state index in [2.05, 4.69) is 6.92 Å². The number of aromatic nitrogens is 1. The van der Waals surface area contributed by atoms with E-state index in [1.165, 1.54) is 12.1 Å². The molecule has 0 aliphatic carbocycles. The lowest BCUT2D eigenvalue weighted by Gasteiger charge is -2.24. The number of halogens is 3. The molecule has 3 aromatic rings. The molecule has 0 saturated heterocycles. The molecule has 0 bridgehead atoms. The van der Waals surface area contributed by atoms with Crippen LogP contribution in [0.1, 0.15) is 48.6 Å². The Bertz CT molecular complexity index is 996. The highest BCUT2D eigenvalue weighted by Crippen LogP contribution is 2.29. The Hall–Kier alpha value is -3.02. The van der Waals surface area contributed by atoms with Gasteiger partial charge in [-0.2, -0.15) is 13.2 Å². The number of hydrogen-bond donors (Lipinski definition) is 0. The summed E-state index contributed by atoms with van der Waals surface area (Å²) in [5.74, 6) is 0.0918. The van der Waals surface area contributed by atoms with E-state index in [0.717, 1.165) is 30.2 Å². The summed E-state index contributed by atoms with van der Waals surface area (Å²) < 4.78 is 41.1. The maximum absolute atomic E-state index is 13.0. The number of alkyl halides is 3. The van der Waals surface area contributed by atoms with Crippen molar-refractivity contribution in [2.45, 2.75) is 51.9 Å². The van der Waals surface area contributed by atoms with Crippen molar-refractivity contribution in [1.82, 2.24) is 9.47 Å². The molecule has 32 heavy (non-hydrogen) atoms. The van der Waals surface area contributed by atoms with Crippen molar-refractivity contribution in [2.75, 3.05) is 6.54 Å². The Balaban J connectivity index is 1.70. The molecule has 3 rings (SSSR count). The molecular weight excluding hydrogens is 413 g/mol. The van der Waals surface area contributed by atoms with Gasteiger partial charge in [0.25, 0.3) is 0 Å². The molecule has 1 heterocycles. The van der Waals surface area contributed by atoms with E-state index in [4.69, 9.17) is 0 Å². The predicted octanol–water partition coefficient (Wildman–Crippen LogP) is 6.32. The van der Waals surface area contributed by atoms with E-state index in [1.54, 1.807) is 6.07 Å². The first kappa shape index (κ1) is 23.6. The molecule has 0 spiro atoms. The minimum absolute atomic E-state index is 0.0918. The zero-order chi connectivity index (χ0) is 23.0. The molecule has 0 saturated carbocycles. The third-order valence-corrected chi connectivity index (χ3v) is 5.49. The van der Waals surface area contributed by atoms with Crippen LogP contribution in [-0.2, 0) is 30.5 Å². The fourth-order valence-electron chi connectivity index (χ4n) is 3.68. The fraction of sp³-hybridized carbons (Fsp3) is 0.346. The summed E-state index contributed by atoms with van der Waals surface area (Å²) in [5.41, 5.74) is 1.97. The molecule has 2 aromatic carbocycles. The molecular formula is C26H29F3N2O. The number of nitrogens with zero attached hydrogens (tertiary/aromatic N) is 2. The van der Waals surface area contributed by atoms with Gasteiger partial charge in [0.05, 0.1) is 12.1 Å². The summed E-state index contributed by atoms with van der Waals surface area (Å²) in [4.78, 5) is 14.8. The Labute approximate surface area is 187 Å². The van der Waals surface area contributed by atoms with Crippen molar-refractivity contribution in [3.05, 3.63) is 95.3 Å². The quantitative estimate of drug-likeness (QED) is 0.361. The number of aryl methyl sites for hydroxylation is 1. The highest BCUT2D eigenvalue weighted by atomic mass is 19.4. The van der Waals surface area contributed by atoms with Crippen molar-refractivity contribution in [3.63, 3.8) is 0 Å². The maximum atomic E-state index is 13.0. The Morgan fingerprint density at radius 1 is 0.969 bits per heavy atom. The van der Waals surface area contributed by atoms with Crippen molar-refractivity contribution in [1.29, 1.82) is 0 Å². The molecule has 0 radical (unpaired) electrons. The normalized spacial score (nSPS) is 11.5. The predicted molar refractivity (Wildman–Crippen MR) is 120 cm³/mol. The molecule has 0 fully saturated rings. The van der Waals surface area contributed by atoms with Crippen molar-refractivity contribution in [3.8, 4) is 0 Å². The zero-order valence-electron chi connectivity index (χ0n) is 18.3. The SMILES string of the molecule is CCCCN(Cc1cccn1Cc1cccc(C(F)(F)F)c1)C(=O)CCc1ccccc1. The standard InChI is InChI=1S/C26H29F3N2O/c1-2-3-16-31(25(32)15-14-21-9-5-4-6-10-21)20-24-13-8-17-30(24)19-22-11-7-12-23(18-22)26(27,28)29/h4-13,17-18H,2-3,14-16,19-20H2,1H3. The van der Waals surface area contributed by atoms with E-state index in [-0.39, 0.29) is 5.91 Å². The van der Waals surface area contributed by atoms with Crippen LogP contribution in [0, 0.1) is 0 Å². The Morgan fingerprint density at radius 3 is 2.44 bits per heavy atom. The van der Waals surface area contributed by atoms with Crippen LogP contribution in [0.5, 0.6) is 0 Å². The Morgan fingerprint density at radius 2 is 1.72 bits per heavy atom. The van der Waals surface area contributed by atoms with Crippen LogP contribution in [0.15, 0.2) is 72.9 Å². The van der Waals surface area contributed by atoms with Crippen molar-refractivity contribution < 1.29 is 18.0 Å². The van der Waals surface area contributed by atoms with Gasteiger partial charge in [-0.1, -0.05) is 55.8 Å². The monoisotopic (exact) mass is 442 g/mol.